The first kappa shape index (κ1) is 13.7. The first-order valence-corrected chi connectivity index (χ1v) is 7.12. The molecule has 2 heteroatoms. The van der Waals surface area contributed by atoms with Gasteiger partial charge in [0.25, 0.3) is 0 Å². The third-order valence-electron chi connectivity index (χ3n) is 3.83. The van der Waals surface area contributed by atoms with Crippen molar-refractivity contribution >= 4 is 10.8 Å². The lowest BCUT2D eigenvalue weighted by molar-refractivity contribution is 0.420. The van der Waals surface area contributed by atoms with Gasteiger partial charge in [-0.25, -0.2) is 0 Å². The first-order chi connectivity index (χ1) is 10.2. The van der Waals surface area contributed by atoms with E-state index in [1.165, 1.54) is 16.5 Å². The van der Waals surface area contributed by atoms with E-state index >= 15 is 0 Å². The van der Waals surface area contributed by atoms with Crippen molar-refractivity contribution in [2.75, 3.05) is 7.11 Å². The molecule has 106 valence electrons. The average molecular weight is 277 g/mol. The Labute approximate surface area is 125 Å². The van der Waals surface area contributed by atoms with E-state index in [4.69, 9.17) is 10.5 Å². The Hall–Kier alpha value is -2.32. The third-order valence-corrected chi connectivity index (χ3v) is 3.83. The Bertz CT molecular complexity index is 777. The predicted octanol–water partition coefficient (Wildman–Crippen LogP) is 4.54. The predicted molar refractivity (Wildman–Crippen MR) is 88.5 cm³/mol. The Morgan fingerprint density at radius 2 is 1.67 bits per heavy atom. The van der Waals surface area contributed by atoms with Gasteiger partial charge in [0.2, 0.25) is 0 Å². The summed E-state index contributed by atoms with van der Waals surface area (Å²) >= 11 is 0. The second-order valence-electron chi connectivity index (χ2n) is 5.28. The molecule has 0 bridgehead atoms. The number of benzene rings is 3. The van der Waals surface area contributed by atoms with Crippen LogP contribution in [-0.2, 0) is 0 Å². The number of hydrogen-bond acceptors (Lipinski definition) is 2. The van der Waals surface area contributed by atoms with Crippen molar-refractivity contribution in [2.24, 2.45) is 5.73 Å². The van der Waals surface area contributed by atoms with Crippen LogP contribution >= 0.6 is 0 Å². The van der Waals surface area contributed by atoms with Gasteiger partial charge in [-0.3, -0.25) is 0 Å². The monoisotopic (exact) mass is 277 g/mol. The fourth-order valence-electron chi connectivity index (χ4n) is 2.69. The van der Waals surface area contributed by atoms with Crippen molar-refractivity contribution in [2.45, 2.75) is 13.0 Å². The maximum absolute atomic E-state index is 6.00. The molecule has 3 rings (SSSR count). The van der Waals surface area contributed by atoms with E-state index in [1.54, 1.807) is 7.11 Å². The topological polar surface area (TPSA) is 35.2 Å². The second-order valence-corrected chi connectivity index (χ2v) is 5.28. The smallest absolute Gasteiger partial charge is 0.126 e. The van der Waals surface area contributed by atoms with E-state index in [-0.39, 0.29) is 6.04 Å². The Morgan fingerprint density at radius 1 is 0.905 bits per heavy atom. The van der Waals surface area contributed by atoms with Crippen molar-refractivity contribution in [1.29, 1.82) is 0 Å². The molecule has 0 amide bonds. The SMILES string of the molecule is COc1ccc(-c2cccc(C(C)N)c2)c2ccccc12. The summed E-state index contributed by atoms with van der Waals surface area (Å²) in [6.07, 6.45) is 0. The highest BCUT2D eigenvalue weighted by atomic mass is 16.5. The van der Waals surface area contributed by atoms with Crippen LogP contribution in [0.2, 0.25) is 0 Å². The fraction of sp³-hybridized carbons (Fsp3) is 0.158. The quantitative estimate of drug-likeness (QED) is 0.763. The van der Waals surface area contributed by atoms with Crippen molar-refractivity contribution in [3.8, 4) is 16.9 Å². The number of hydrogen-bond donors (Lipinski definition) is 1. The van der Waals surface area contributed by atoms with Crippen LogP contribution in [-0.4, -0.2) is 7.11 Å². The van der Waals surface area contributed by atoms with Crippen LogP contribution in [0.4, 0.5) is 0 Å². The molecule has 3 aromatic carbocycles. The molecule has 1 atom stereocenters. The zero-order chi connectivity index (χ0) is 14.8. The molecule has 0 heterocycles. The Morgan fingerprint density at radius 3 is 2.38 bits per heavy atom. The van der Waals surface area contributed by atoms with E-state index in [1.807, 2.05) is 19.1 Å². The van der Waals surface area contributed by atoms with E-state index < -0.39 is 0 Å². The van der Waals surface area contributed by atoms with Crippen LogP contribution in [0, 0.1) is 0 Å². The minimum absolute atomic E-state index is 0.0365. The lowest BCUT2D eigenvalue weighted by Crippen LogP contribution is -2.04. The molecule has 0 radical (unpaired) electrons. The van der Waals surface area contributed by atoms with Crippen LogP contribution in [0.5, 0.6) is 5.75 Å². The van der Waals surface area contributed by atoms with Crippen molar-refractivity contribution in [1.82, 2.24) is 0 Å². The normalized spacial score (nSPS) is 12.3. The molecule has 2 N–H and O–H groups in total. The number of methoxy groups -OCH3 is 1. The number of ether oxygens (including phenoxy) is 1. The molecule has 3 aromatic rings. The molecule has 0 aliphatic rings. The highest BCUT2D eigenvalue weighted by Gasteiger charge is 2.09. The van der Waals surface area contributed by atoms with Crippen LogP contribution in [0.15, 0.2) is 60.7 Å². The molecular weight excluding hydrogens is 258 g/mol. The lowest BCUT2D eigenvalue weighted by Gasteiger charge is -2.12. The average Bonchev–Trinajstić information content (AvgIpc) is 2.54. The number of nitrogens with two attached hydrogens (primary N) is 1. The van der Waals surface area contributed by atoms with Gasteiger partial charge in [-0.2, -0.15) is 0 Å². The summed E-state index contributed by atoms with van der Waals surface area (Å²) in [5, 5.41) is 2.32. The Kier molecular flexibility index (Phi) is 3.63. The largest absolute Gasteiger partial charge is 0.496 e. The summed E-state index contributed by atoms with van der Waals surface area (Å²) in [4.78, 5) is 0. The summed E-state index contributed by atoms with van der Waals surface area (Å²) in [6, 6.07) is 20.9. The molecule has 2 nitrogen and oxygen atoms in total. The van der Waals surface area contributed by atoms with E-state index in [9.17, 15) is 0 Å². The van der Waals surface area contributed by atoms with Gasteiger partial charge >= 0.3 is 0 Å². The molecular formula is C19H19NO. The van der Waals surface area contributed by atoms with Gasteiger partial charge in [-0.05, 0) is 41.1 Å². The molecule has 0 aliphatic heterocycles. The van der Waals surface area contributed by atoms with Crippen molar-refractivity contribution < 1.29 is 4.74 Å². The van der Waals surface area contributed by atoms with Gasteiger partial charge in [-0.1, -0.05) is 48.5 Å². The molecule has 0 spiro atoms. The second kappa shape index (κ2) is 5.58. The van der Waals surface area contributed by atoms with Gasteiger partial charge < -0.3 is 10.5 Å². The van der Waals surface area contributed by atoms with Crippen molar-refractivity contribution in [3.05, 3.63) is 66.2 Å². The van der Waals surface area contributed by atoms with E-state index in [0.717, 1.165) is 16.7 Å². The van der Waals surface area contributed by atoms with E-state index in [0.29, 0.717) is 0 Å². The highest BCUT2D eigenvalue weighted by molar-refractivity contribution is 6.00. The van der Waals surface area contributed by atoms with Crippen LogP contribution < -0.4 is 10.5 Å². The zero-order valence-corrected chi connectivity index (χ0v) is 12.3. The molecule has 0 aliphatic carbocycles. The third kappa shape index (κ3) is 2.50. The van der Waals surface area contributed by atoms with Crippen molar-refractivity contribution in [3.63, 3.8) is 0 Å². The standard InChI is InChI=1S/C19H19NO/c1-13(20)14-6-5-7-15(12-14)16-10-11-19(21-2)18-9-4-3-8-17(16)18/h3-13H,20H2,1-2H3. The van der Waals surface area contributed by atoms with E-state index in [2.05, 4.69) is 48.5 Å². The summed E-state index contributed by atoms with van der Waals surface area (Å²) in [5.41, 5.74) is 9.53. The fourth-order valence-corrected chi connectivity index (χ4v) is 2.69. The molecule has 0 saturated carbocycles. The minimum Gasteiger partial charge on any atom is -0.496 e. The van der Waals surface area contributed by atoms with Gasteiger partial charge in [-0.15, -0.1) is 0 Å². The molecule has 0 fully saturated rings. The van der Waals surface area contributed by atoms with Crippen LogP contribution in [0.25, 0.3) is 21.9 Å². The highest BCUT2D eigenvalue weighted by Crippen LogP contribution is 2.34. The molecule has 0 aromatic heterocycles. The number of fused-ring (bicyclic) bond motifs is 1. The molecule has 21 heavy (non-hydrogen) atoms. The van der Waals surface area contributed by atoms with Gasteiger partial charge in [0.1, 0.15) is 5.75 Å². The summed E-state index contributed by atoms with van der Waals surface area (Å²) in [7, 11) is 1.71. The van der Waals surface area contributed by atoms with Crippen LogP contribution in [0.1, 0.15) is 18.5 Å². The first-order valence-electron chi connectivity index (χ1n) is 7.12. The summed E-state index contributed by atoms with van der Waals surface area (Å²) in [6.45, 7) is 2.01. The Balaban J connectivity index is 2.24. The molecule has 0 saturated heterocycles. The summed E-state index contributed by atoms with van der Waals surface area (Å²) < 4.78 is 5.46. The van der Waals surface area contributed by atoms with Crippen LogP contribution in [0.3, 0.4) is 0 Å². The molecule has 1 unspecified atom stereocenters. The summed E-state index contributed by atoms with van der Waals surface area (Å²) in [5.74, 6) is 0.901. The maximum Gasteiger partial charge on any atom is 0.126 e. The minimum atomic E-state index is 0.0365. The van der Waals surface area contributed by atoms with Gasteiger partial charge in [0.05, 0.1) is 7.11 Å². The van der Waals surface area contributed by atoms with Gasteiger partial charge in [0, 0.05) is 11.4 Å². The lowest BCUT2D eigenvalue weighted by atomic mass is 9.95. The van der Waals surface area contributed by atoms with Gasteiger partial charge in [0.15, 0.2) is 0 Å². The maximum atomic E-state index is 6.00. The number of rotatable bonds is 3. The zero-order valence-electron chi connectivity index (χ0n) is 12.3.